The Morgan fingerprint density at radius 1 is 1.29 bits per heavy atom. The molecule has 1 N–H and O–H groups in total. The van der Waals surface area contributed by atoms with Crippen molar-refractivity contribution in [2.45, 2.75) is 33.1 Å². The highest BCUT2D eigenvalue weighted by atomic mass is 16.4. The Hall–Kier alpha value is -1.91. The molecule has 0 aliphatic carbocycles. The lowest BCUT2D eigenvalue weighted by molar-refractivity contribution is 0.0687. The number of carboxylic acid groups (broad SMARTS) is 1. The molecule has 1 unspecified atom stereocenters. The smallest absolute Gasteiger partial charge is 0.354 e. The van der Waals surface area contributed by atoms with Crippen LogP contribution in [0.5, 0.6) is 0 Å². The van der Waals surface area contributed by atoms with E-state index in [1.54, 1.807) is 6.07 Å². The topological polar surface area (TPSA) is 70.5 Å². The van der Waals surface area contributed by atoms with Gasteiger partial charge in [-0.1, -0.05) is 13.8 Å². The van der Waals surface area contributed by atoms with Crippen molar-refractivity contribution in [2.75, 3.05) is 13.1 Å². The van der Waals surface area contributed by atoms with Crippen LogP contribution in [0.4, 0.5) is 0 Å². The summed E-state index contributed by atoms with van der Waals surface area (Å²) in [5, 5.41) is 8.82. The summed E-state index contributed by atoms with van der Waals surface area (Å²) in [6.45, 7) is 6.00. The van der Waals surface area contributed by atoms with E-state index in [9.17, 15) is 9.59 Å². The number of nitrogens with zero attached hydrogens (tertiary/aromatic N) is 2. The van der Waals surface area contributed by atoms with Crippen LogP contribution in [-0.2, 0) is 0 Å². The second-order valence-electron chi connectivity index (χ2n) is 5.96. The second-order valence-corrected chi connectivity index (χ2v) is 5.96. The largest absolute Gasteiger partial charge is 0.477 e. The zero-order valence-electron chi connectivity index (χ0n) is 12.6. The Bertz CT molecular complexity index is 511. The average Bonchev–Trinajstić information content (AvgIpc) is 2.72. The molecular formula is C16H22N2O3. The summed E-state index contributed by atoms with van der Waals surface area (Å²) in [7, 11) is 0. The zero-order valence-corrected chi connectivity index (χ0v) is 12.6. The van der Waals surface area contributed by atoms with Gasteiger partial charge in [-0.05, 0) is 43.2 Å². The standard InChI is InChI=1S/C16H22N2O3/c1-11(2)12-4-3-8-18(9-7-12)15(19)13-5-6-14(16(20)21)17-10-13/h5-6,10-12H,3-4,7-9H2,1-2H3,(H,20,21). The van der Waals surface area contributed by atoms with Crippen LogP contribution in [0.2, 0.25) is 0 Å². The van der Waals surface area contributed by atoms with Crippen LogP contribution in [0.3, 0.4) is 0 Å². The molecule has 1 fully saturated rings. The van der Waals surface area contributed by atoms with E-state index in [1.807, 2.05) is 4.90 Å². The molecule has 1 aliphatic rings. The molecule has 1 aliphatic heterocycles. The molecule has 0 saturated carbocycles. The molecule has 0 aromatic carbocycles. The van der Waals surface area contributed by atoms with Crippen LogP contribution in [0.1, 0.15) is 54.0 Å². The predicted octanol–water partition coefficient (Wildman–Crippen LogP) is 2.68. The maximum absolute atomic E-state index is 12.4. The van der Waals surface area contributed by atoms with Crippen molar-refractivity contribution in [1.29, 1.82) is 0 Å². The van der Waals surface area contributed by atoms with Crippen molar-refractivity contribution in [3.63, 3.8) is 0 Å². The minimum absolute atomic E-state index is 0.0395. The van der Waals surface area contributed by atoms with Gasteiger partial charge in [0.25, 0.3) is 5.91 Å². The van der Waals surface area contributed by atoms with Crippen LogP contribution < -0.4 is 0 Å². The Morgan fingerprint density at radius 2 is 2.05 bits per heavy atom. The first-order valence-electron chi connectivity index (χ1n) is 7.47. The summed E-state index contributed by atoms with van der Waals surface area (Å²) in [6, 6.07) is 2.92. The summed E-state index contributed by atoms with van der Waals surface area (Å²) >= 11 is 0. The fourth-order valence-electron chi connectivity index (χ4n) is 2.82. The summed E-state index contributed by atoms with van der Waals surface area (Å²) in [6.07, 6.45) is 4.58. The van der Waals surface area contributed by atoms with Gasteiger partial charge in [0.15, 0.2) is 0 Å². The number of carboxylic acids is 1. The van der Waals surface area contributed by atoms with Crippen LogP contribution in [-0.4, -0.2) is 40.0 Å². The van der Waals surface area contributed by atoms with Crippen LogP contribution >= 0.6 is 0 Å². The van der Waals surface area contributed by atoms with E-state index >= 15 is 0 Å². The van der Waals surface area contributed by atoms with Gasteiger partial charge in [0.2, 0.25) is 0 Å². The van der Waals surface area contributed by atoms with Gasteiger partial charge >= 0.3 is 5.97 Å². The third-order valence-electron chi connectivity index (χ3n) is 4.23. The average molecular weight is 290 g/mol. The number of aromatic carboxylic acids is 1. The fraction of sp³-hybridized carbons (Fsp3) is 0.562. The van der Waals surface area contributed by atoms with Gasteiger partial charge in [0, 0.05) is 19.3 Å². The van der Waals surface area contributed by atoms with Crippen LogP contribution in [0, 0.1) is 11.8 Å². The van der Waals surface area contributed by atoms with Gasteiger partial charge in [-0.2, -0.15) is 0 Å². The quantitative estimate of drug-likeness (QED) is 0.929. The molecule has 0 bridgehead atoms. The molecule has 114 valence electrons. The predicted molar refractivity (Wildman–Crippen MR) is 79.3 cm³/mol. The SMILES string of the molecule is CC(C)C1CCCN(C(=O)c2ccc(C(=O)O)nc2)CC1. The minimum Gasteiger partial charge on any atom is -0.477 e. The number of rotatable bonds is 3. The molecule has 1 aromatic rings. The van der Waals surface area contributed by atoms with Gasteiger partial charge in [-0.15, -0.1) is 0 Å². The Labute approximate surface area is 125 Å². The number of hydrogen-bond acceptors (Lipinski definition) is 3. The van der Waals surface area contributed by atoms with Crippen LogP contribution in [0.25, 0.3) is 0 Å². The van der Waals surface area contributed by atoms with E-state index in [0.29, 0.717) is 17.4 Å². The lowest BCUT2D eigenvalue weighted by Gasteiger charge is -2.21. The first-order chi connectivity index (χ1) is 9.99. The molecule has 0 spiro atoms. The van der Waals surface area contributed by atoms with E-state index in [-0.39, 0.29) is 11.6 Å². The molecule has 2 heterocycles. The molecular weight excluding hydrogens is 268 g/mol. The number of pyridine rings is 1. The van der Waals surface area contributed by atoms with Gasteiger partial charge < -0.3 is 10.0 Å². The molecule has 21 heavy (non-hydrogen) atoms. The minimum atomic E-state index is -1.08. The van der Waals surface area contributed by atoms with Gasteiger partial charge in [0.1, 0.15) is 5.69 Å². The first kappa shape index (κ1) is 15.5. The van der Waals surface area contributed by atoms with Crippen molar-refractivity contribution in [1.82, 2.24) is 9.88 Å². The lowest BCUT2D eigenvalue weighted by atomic mass is 9.89. The number of hydrogen-bond donors (Lipinski definition) is 1. The molecule has 1 amide bonds. The Morgan fingerprint density at radius 3 is 2.62 bits per heavy atom. The highest BCUT2D eigenvalue weighted by Crippen LogP contribution is 2.25. The van der Waals surface area contributed by atoms with E-state index in [1.165, 1.54) is 12.3 Å². The summed E-state index contributed by atoms with van der Waals surface area (Å²) in [5.41, 5.74) is 0.422. The van der Waals surface area contributed by atoms with Crippen LogP contribution in [0.15, 0.2) is 18.3 Å². The highest BCUT2D eigenvalue weighted by molar-refractivity contribution is 5.94. The van der Waals surface area contributed by atoms with Gasteiger partial charge in [-0.25, -0.2) is 9.78 Å². The van der Waals surface area contributed by atoms with Crippen molar-refractivity contribution < 1.29 is 14.7 Å². The van der Waals surface area contributed by atoms with E-state index < -0.39 is 5.97 Å². The normalized spacial score (nSPS) is 19.4. The van der Waals surface area contributed by atoms with Crippen molar-refractivity contribution in [3.05, 3.63) is 29.6 Å². The summed E-state index contributed by atoms with van der Waals surface area (Å²) < 4.78 is 0. The molecule has 5 heteroatoms. The lowest BCUT2D eigenvalue weighted by Crippen LogP contribution is -2.32. The zero-order chi connectivity index (χ0) is 15.4. The van der Waals surface area contributed by atoms with Crippen molar-refractivity contribution in [3.8, 4) is 0 Å². The molecule has 1 saturated heterocycles. The molecule has 1 aromatic heterocycles. The van der Waals surface area contributed by atoms with E-state index in [0.717, 1.165) is 32.4 Å². The summed E-state index contributed by atoms with van der Waals surface area (Å²) in [5.74, 6) is 0.194. The van der Waals surface area contributed by atoms with E-state index in [2.05, 4.69) is 18.8 Å². The molecule has 2 rings (SSSR count). The number of likely N-dealkylation sites (tertiary alicyclic amines) is 1. The van der Waals surface area contributed by atoms with Crippen molar-refractivity contribution in [2.24, 2.45) is 11.8 Å². The second kappa shape index (κ2) is 6.70. The number of aromatic nitrogens is 1. The summed E-state index contributed by atoms with van der Waals surface area (Å²) in [4.78, 5) is 28.9. The molecule has 0 radical (unpaired) electrons. The van der Waals surface area contributed by atoms with Gasteiger partial charge in [-0.3, -0.25) is 4.79 Å². The highest BCUT2D eigenvalue weighted by Gasteiger charge is 2.23. The number of amides is 1. The third-order valence-corrected chi connectivity index (χ3v) is 4.23. The number of carbonyl (C=O) groups is 2. The monoisotopic (exact) mass is 290 g/mol. The maximum atomic E-state index is 12.4. The molecule has 5 nitrogen and oxygen atoms in total. The third kappa shape index (κ3) is 3.80. The van der Waals surface area contributed by atoms with E-state index in [4.69, 9.17) is 5.11 Å². The maximum Gasteiger partial charge on any atom is 0.354 e. The fourth-order valence-corrected chi connectivity index (χ4v) is 2.82. The first-order valence-corrected chi connectivity index (χ1v) is 7.47. The number of carbonyl (C=O) groups excluding carboxylic acids is 1. The Kier molecular flexibility index (Phi) is 4.94. The molecule has 1 atom stereocenters. The van der Waals surface area contributed by atoms with Gasteiger partial charge in [0.05, 0.1) is 5.56 Å². The Balaban J connectivity index is 2.04. The van der Waals surface area contributed by atoms with Crippen molar-refractivity contribution >= 4 is 11.9 Å².